The van der Waals surface area contributed by atoms with Crippen molar-refractivity contribution >= 4 is 11.8 Å². The minimum absolute atomic E-state index is 0.105. The van der Waals surface area contributed by atoms with Crippen LogP contribution in [0.3, 0.4) is 0 Å². The molecule has 1 atom stereocenters. The summed E-state index contributed by atoms with van der Waals surface area (Å²) < 4.78 is 26.4. The van der Waals surface area contributed by atoms with Crippen molar-refractivity contribution in [3.63, 3.8) is 0 Å². The first-order chi connectivity index (χ1) is 7.15. The fraction of sp³-hybridized carbons (Fsp3) is 0.455. The van der Waals surface area contributed by atoms with Crippen molar-refractivity contribution in [1.29, 1.82) is 0 Å². The number of aliphatic hydroxyl groups is 1. The first kappa shape index (κ1) is 12.5. The molecule has 1 N–H and O–H groups in total. The molecule has 0 heterocycles. The number of hydrogen-bond donors (Lipinski definition) is 1. The molecule has 0 aliphatic rings. The van der Waals surface area contributed by atoms with Gasteiger partial charge in [0.05, 0.1) is 0 Å². The number of benzene rings is 1. The normalized spacial score (nSPS) is 12.8. The smallest absolute Gasteiger partial charge is 0.130 e. The maximum atomic E-state index is 13.2. The minimum Gasteiger partial charge on any atom is -0.396 e. The number of aliphatic hydroxyl groups excluding tert-OH is 1. The molecule has 0 bridgehead atoms. The van der Waals surface area contributed by atoms with E-state index in [1.165, 1.54) is 30.0 Å². The van der Waals surface area contributed by atoms with E-state index in [2.05, 4.69) is 0 Å². The Balaban J connectivity index is 2.57. The van der Waals surface area contributed by atoms with Gasteiger partial charge >= 0.3 is 0 Å². The molecule has 4 heteroatoms. The Morgan fingerprint density at radius 3 is 2.47 bits per heavy atom. The highest BCUT2D eigenvalue weighted by molar-refractivity contribution is 7.99. The lowest BCUT2D eigenvalue weighted by Crippen LogP contribution is -2.01. The Bertz CT molecular complexity index is 297. The Morgan fingerprint density at radius 1 is 1.33 bits per heavy atom. The van der Waals surface area contributed by atoms with E-state index in [1.807, 2.05) is 6.92 Å². The zero-order chi connectivity index (χ0) is 11.3. The summed E-state index contributed by atoms with van der Waals surface area (Å²) in [5.74, 6) is -0.697. The van der Waals surface area contributed by atoms with Crippen LogP contribution in [0.25, 0.3) is 0 Å². The van der Waals surface area contributed by atoms with Crippen LogP contribution in [0.5, 0.6) is 0 Å². The number of thioether (sulfide) groups is 1. The van der Waals surface area contributed by atoms with Gasteiger partial charge in [-0.1, -0.05) is 13.0 Å². The van der Waals surface area contributed by atoms with Crippen LogP contribution < -0.4 is 0 Å². The van der Waals surface area contributed by atoms with Gasteiger partial charge in [0, 0.05) is 23.2 Å². The summed E-state index contributed by atoms with van der Waals surface area (Å²) in [5, 5.41) is 8.88. The third kappa shape index (κ3) is 3.80. The van der Waals surface area contributed by atoms with Gasteiger partial charge in [-0.15, -0.1) is 0 Å². The van der Waals surface area contributed by atoms with Crippen LogP contribution in [0.2, 0.25) is 0 Å². The summed E-state index contributed by atoms with van der Waals surface area (Å²) in [7, 11) is 0. The Kier molecular flexibility index (Phi) is 5.05. The van der Waals surface area contributed by atoms with Crippen molar-refractivity contribution in [2.24, 2.45) is 0 Å². The van der Waals surface area contributed by atoms with Gasteiger partial charge in [0.2, 0.25) is 0 Å². The summed E-state index contributed by atoms with van der Waals surface area (Å²) in [6.45, 7) is 2.04. The highest BCUT2D eigenvalue weighted by Gasteiger charge is 2.10. The molecule has 0 saturated carbocycles. The fourth-order valence-electron chi connectivity index (χ4n) is 1.16. The van der Waals surface area contributed by atoms with Gasteiger partial charge in [-0.05, 0) is 18.6 Å². The van der Waals surface area contributed by atoms with E-state index in [1.54, 1.807) is 0 Å². The minimum atomic E-state index is -0.501. The second-order valence-electron chi connectivity index (χ2n) is 3.33. The predicted molar refractivity (Wildman–Crippen MR) is 58.8 cm³/mol. The molecule has 15 heavy (non-hydrogen) atoms. The van der Waals surface area contributed by atoms with E-state index >= 15 is 0 Å². The quantitative estimate of drug-likeness (QED) is 0.842. The summed E-state index contributed by atoms with van der Waals surface area (Å²) >= 11 is 1.44. The topological polar surface area (TPSA) is 20.2 Å². The van der Waals surface area contributed by atoms with E-state index in [9.17, 15) is 8.78 Å². The second kappa shape index (κ2) is 6.08. The molecule has 1 rings (SSSR count). The molecule has 0 aromatic heterocycles. The van der Waals surface area contributed by atoms with Crippen molar-refractivity contribution in [1.82, 2.24) is 0 Å². The first-order valence-corrected chi connectivity index (χ1v) is 5.85. The van der Waals surface area contributed by atoms with Gasteiger partial charge in [-0.25, -0.2) is 8.78 Å². The van der Waals surface area contributed by atoms with Gasteiger partial charge in [0.25, 0.3) is 0 Å². The van der Waals surface area contributed by atoms with Crippen LogP contribution in [0.1, 0.15) is 18.9 Å². The average Bonchev–Trinajstić information content (AvgIpc) is 2.17. The van der Waals surface area contributed by atoms with Gasteiger partial charge in [-0.2, -0.15) is 11.8 Å². The zero-order valence-corrected chi connectivity index (χ0v) is 9.36. The third-order valence-electron chi connectivity index (χ3n) is 2.11. The van der Waals surface area contributed by atoms with Crippen LogP contribution in [0, 0.1) is 11.6 Å². The summed E-state index contributed by atoms with van der Waals surface area (Å²) in [5.41, 5.74) is 0.118. The molecule has 0 aliphatic heterocycles. The highest BCUT2D eigenvalue weighted by atomic mass is 32.2. The number of hydrogen-bond acceptors (Lipinski definition) is 2. The van der Waals surface area contributed by atoms with Crippen LogP contribution in [0.15, 0.2) is 18.2 Å². The summed E-state index contributed by atoms with van der Waals surface area (Å²) in [6, 6.07) is 3.88. The number of halogens is 2. The maximum absolute atomic E-state index is 13.2. The van der Waals surface area contributed by atoms with E-state index < -0.39 is 11.6 Å². The predicted octanol–water partition coefficient (Wildman–Crippen LogP) is 2.97. The molecule has 1 nitrogen and oxygen atoms in total. The third-order valence-corrected chi connectivity index (χ3v) is 3.37. The van der Waals surface area contributed by atoms with E-state index in [4.69, 9.17) is 5.11 Å². The fourth-order valence-corrected chi connectivity index (χ4v) is 2.16. The van der Waals surface area contributed by atoms with Crippen LogP contribution in [0.4, 0.5) is 8.78 Å². The molecule has 0 amide bonds. The Hall–Kier alpha value is -0.610. The molecule has 0 saturated heterocycles. The van der Waals surface area contributed by atoms with Crippen LogP contribution in [-0.4, -0.2) is 17.0 Å². The van der Waals surface area contributed by atoms with Gasteiger partial charge in [0.15, 0.2) is 0 Å². The van der Waals surface area contributed by atoms with Crippen molar-refractivity contribution in [3.05, 3.63) is 35.4 Å². The zero-order valence-electron chi connectivity index (χ0n) is 8.54. The lowest BCUT2D eigenvalue weighted by molar-refractivity contribution is 0.289. The lowest BCUT2D eigenvalue weighted by Gasteiger charge is -2.10. The van der Waals surface area contributed by atoms with Gasteiger partial charge < -0.3 is 5.11 Å². The Morgan fingerprint density at radius 2 is 1.93 bits per heavy atom. The molecular formula is C11H14F2OS. The van der Waals surface area contributed by atoms with Gasteiger partial charge in [-0.3, -0.25) is 0 Å². The molecule has 0 radical (unpaired) electrons. The molecule has 1 unspecified atom stereocenters. The molecule has 0 spiro atoms. The Labute approximate surface area is 92.5 Å². The first-order valence-electron chi connectivity index (χ1n) is 4.80. The number of rotatable bonds is 5. The standard InChI is InChI=1S/C11H14F2OS/c1-8(5-6-14)15-7-9-10(12)3-2-4-11(9)13/h2-4,8,14H,5-7H2,1H3. The van der Waals surface area contributed by atoms with Crippen molar-refractivity contribution in [3.8, 4) is 0 Å². The SMILES string of the molecule is CC(CCO)SCc1c(F)cccc1F. The highest BCUT2D eigenvalue weighted by Crippen LogP contribution is 2.23. The van der Waals surface area contributed by atoms with Crippen LogP contribution >= 0.6 is 11.8 Å². The van der Waals surface area contributed by atoms with E-state index in [0.717, 1.165) is 0 Å². The molecule has 1 aromatic carbocycles. The molecule has 0 fully saturated rings. The van der Waals surface area contributed by atoms with Gasteiger partial charge in [0.1, 0.15) is 11.6 Å². The summed E-state index contributed by atoms with van der Waals surface area (Å²) in [4.78, 5) is 0. The molecular weight excluding hydrogens is 218 g/mol. The largest absolute Gasteiger partial charge is 0.396 e. The summed E-state index contributed by atoms with van der Waals surface area (Å²) in [6.07, 6.45) is 0.640. The second-order valence-corrected chi connectivity index (χ2v) is 4.76. The average molecular weight is 232 g/mol. The van der Waals surface area contributed by atoms with E-state index in [-0.39, 0.29) is 17.4 Å². The van der Waals surface area contributed by atoms with E-state index in [0.29, 0.717) is 12.2 Å². The molecule has 84 valence electrons. The monoisotopic (exact) mass is 232 g/mol. The maximum Gasteiger partial charge on any atom is 0.130 e. The lowest BCUT2D eigenvalue weighted by atomic mass is 10.2. The van der Waals surface area contributed by atoms with Crippen molar-refractivity contribution in [2.75, 3.05) is 6.61 Å². The van der Waals surface area contributed by atoms with Crippen molar-refractivity contribution in [2.45, 2.75) is 24.3 Å². The molecule has 0 aliphatic carbocycles. The molecule has 1 aromatic rings. The van der Waals surface area contributed by atoms with Crippen molar-refractivity contribution < 1.29 is 13.9 Å². The van der Waals surface area contributed by atoms with Crippen LogP contribution in [-0.2, 0) is 5.75 Å².